The average molecular weight is 360 g/mol. The minimum atomic E-state index is -0.967. The topological polar surface area (TPSA) is 98.2 Å². The molecule has 1 aromatic carbocycles. The van der Waals surface area contributed by atoms with Crippen LogP contribution in [0, 0.1) is 12.3 Å². The van der Waals surface area contributed by atoms with Gasteiger partial charge in [0.15, 0.2) is 0 Å². The number of aromatic hydroxyl groups is 1. The number of carbonyl (C=O) groups excluding carboxylic acids is 2. The predicted octanol–water partition coefficient (Wildman–Crippen LogP) is 1.63. The number of likely N-dealkylation sites (tertiary alicyclic amines) is 2. The molecule has 1 spiro atoms. The van der Waals surface area contributed by atoms with E-state index in [0.717, 1.165) is 0 Å². The molecule has 26 heavy (non-hydrogen) atoms. The first kappa shape index (κ1) is 18.2. The van der Waals surface area contributed by atoms with Crippen molar-refractivity contribution in [2.45, 2.75) is 39.2 Å². The van der Waals surface area contributed by atoms with Gasteiger partial charge in [0.25, 0.3) is 5.91 Å². The Balaban J connectivity index is 1.71. The van der Waals surface area contributed by atoms with Crippen LogP contribution in [0.25, 0.3) is 0 Å². The number of hydrogen-bond acceptors (Lipinski definition) is 4. The molecule has 0 aliphatic carbocycles. The van der Waals surface area contributed by atoms with E-state index in [1.807, 2.05) is 0 Å². The molecule has 2 heterocycles. The van der Waals surface area contributed by atoms with Crippen LogP contribution in [0.3, 0.4) is 0 Å². The summed E-state index contributed by atoms with van der Waals surface area (Å²) in [5, 5.41) is 19.2. The van der Waals surface area contributed by atoms with E-state index < -0.39 is 12.0 Å². The highest BCUT2D eigenvalue weighted by atomic mass is 16.4. The molecule has 0 aromatic heterocycles. The van der Waals surface area contributed by atoms with Crippen molar-refractivity contribution in [3.63, 3.8) is 0 Å². The Morgan fingerprint density at radius 1 is 1.19 bits per heavy atom. The van der Waals surface area contributed by atoms with Gasteiger partial charge in [0.1, 0.15) is 11.8 Å². The SMILES string of the molecule is CC(=O)N1CC2(CCN(C(=O)c3cccc(O)c3C)CC2)CC1C(=O)O. The summed E-state index contributed by atoms with van der Waals surface area (Å²) in [6.45, 7) is 4.59. The van der Waals surface area contributed by atoms with E-state index in [0.29, 0.717) is 50.0 Å². The molecule has 1 aromatic rings. The standard InChI is InChI=1S/C19H24N2O5/c1-12-14(4-3-5-16(12)23)17(24)20-8-6-19(7-9-20)10-15(18(25)26)21(11-19)13(2)22/h3-5,15,23H,6-11H2,1-2H3,(H,25,26). The average Bonchev–Trinajstić information content (AvgIpc) is 2.97. The molecule has 1 atom stereocenters. The molecule has 2 N–H and O–H groups in total. The summed E-state index contributed by atoms with van der Waals surface area (Å²) >= 11 is 0. The lowest BCUT2D eigenvalue weighted by Gasteiger charge is -2.39. The third-order valence-electron chi connectivity index (χ3n) is 5.84. The molecule has 0 bridgehead atoms. The van der Waals surface area contributed by atoms with Gasteiger partial charge in [-0.15, -0.1) is 0 Å². The summed E-state index contributed by atoms with van der Waals surface area (Å²) in [5.41, 5.74) is 0.813. The number of piperidine rings is 1. The molecule has 7 nitrogen and oxygen atoms in total. The third-order valence-corrected chi connectivity index (χ3v) is 5.84. The fraction of sp³-hybridized carbons (Fsp3) is 0.526. The van der Waals surface area contributed by atoms with Gasteiger partial charge in [-0.05, 0) is 43.7 Å². The maximum Gasteiger partial charge on any atom is 0.326 e. The van der Waals surface area contributed by atoms with Crippen LogP contribution in [0.2, 0.25) is 0 Å². The molecule has 1 unspecified atom stereocenters. The Morgan fingerprint density at radius 3 is 2.38 bits per heavy atom. The molecule has 7 heteroatoms. The summed E-state index contributed by atoms with van der Waals surface area (Å²) < 4.78 is 0. The zero-order valence-electron chi connectivity index (χ0n) is 15.1. The van der Waals surface area contributed by atoms with E-state index in [-0.39, 0.29) is 23.0 Å². The number of amides is 2. The van der Waals surface area contributed by atoms with Crippen molar-refractivity contribution in [2.24, 2.45) is 5.41 Å². The molecule has 2 aliphatic rings. The van der Waals surface area contributed by atoms with Crippen LogP contribution in [0.5, 0.6) is 5.75 Å². The van der Waals surface area contributed by atoms with Gasteiger partial charge in [-0.25, -0.2) is 4.79 Å². The molecule has 140 valence electrons. The number of benzene rings is 1. The molecule has 3 rings (SSSR count). The van der Waals surface area contributed by atoms with Gasteiger partial charge in [-0.3, -0.25) is 9.59 Å². The summed E-state index contributed by atoms with van der Waals surface area (Å²) in [4.78, 5) is 39.2. The van der Waals surface area contributed by atoms with E-state index in [1.165, 1.54) is 11.8 Å². The van der Waals surface area contributed by atoms with Gasteiger partial charge in [-0.2, -0.15) is 0 Å². The highest BCUT2D eigenvalue weighted by Gasteiger charge is 2.49. The zero-order chi connectivity index (χ0) is 19.1. The van der Waals surface area contributed by atoms with Gasteiger partial charge in [0, 0.05) is 37.7 Å². The van der Waals surface area contributed by atoms with Crippen LogP contribution in [0.15, 0.2) is 18.2 Å². The summed E-state index contributed by atoms with van der Waals surface area (Å²) in [5.74, 6) is -1.21. The number of phenolic OH excluding ortho intramolecular Hbond substituents is 1. The number of rotatable bonds is 2. The van der Waals surface area contributed by atoms with Gasteiger partial charge in [-0.1, -0.05) is 6.07 Å². The lowest BCUT2D eigenvalue weighted by molar-refractivity contribution is -0.147. The molecular weight excluding hydrogens is 336 g/mol. The van der Waals surface area contributed by atoms with Crippen LogP contribution < -0.4 is 0 Å². The Bertz CT molecular complexity index is 728. The number of carboxylic acids is 1. The minimum Gasteiger partial charge on any atom is -0.508 e. The number of hydrogen-bond donors (Lipinski definition) is 2. The summed E-state index contributed by atoms with van der Waals surface area (Å²) in [7, 11) is 0. The number of carbonyl (C=O) groups is 3. The zero-order valence-corrected chi connectivity index (χ0v) is 15.1. The first-order valence-corrected chi connectivity index (χ1v) is 8.82. The second-order valence-electron chi connectivity index (χ2n) is 7.45. The van der Waals surface area contributed by atoms with Crippen LogP contribution in [-0.4, -0.2) is 63.5 Å². The Morgan fingerprint density at radius 2 is 1.85 bits per heavy atom. The third kappa shape index (κ3) is 3.13. The van der Waals surface area contributed by atoms with Crippen molar-refractivity contribution >= 4 is 17.8 Å². The molecule has 0 radical (unpaired) electrons. The lowest BCUT2D eigenvalue weighted by Crippen LogP contribution is -2.44. The van der Waals surface area contributed by atoms with Gasteiger partial charge in [0.2, 0.25) is 5.91 Å². The van der Waals surface area contributed by atoms with Gasteiger partial charge >= 0.3 is 5.97 Å². The van der Waals surface area contributed by atoms with Crippen molar-refractivity contribution in [3.05, 3.63) is 29.3 Å². The van der Waals surface area contributed by atoms with E-state index in [9.17, 15) is 24.6 Å². The monoisotopic (exact) mass is 360 g/mol. The minimum absolute atomic E-state index is 0.0986. The van der Waals surface area contributed by atoms with Crippen LogP contribution in [0.4, 0.5) is 0 Å². The van der Waals surface area contributed by atoms with Crippen LogP contribution >= 0.6 is 0 Å². The quantitative estimate of drug-likeness (QED) is 0.835. The molecule has 0 saturated carbocycles. The van der Waals surface area contributed by atoms with Gasteiger partial charge < -0.3 is 20.0 Å². The van der Waals surface area contributed by atoms with E-state index in [4.69, 9.17) is 0 Å². The van der Waals surface area contributed by atoms with Crippen LogP contribution in [-0.2, 0) is 9.59 Å². The molecular formula is C19H24N2O5. The Labute approximate surface area is 152 Å². The first-order valence-electron chi connectivity index (χ1n) is 8.82. The highest BCUT2D eigenvalue weighted by molar-refractivity contribution is 5.96. The van der Waals surface area contributed by atoms with Crippen molar-refractivity contribution < 1.29 is 24.6 Å². The number of phenols is 1. The van der Waals surface area contributed by atoms with Crippen molar-refractivity contribution in [1.82, 2.24) is 9.80 Å². The number of nitrogens with zero attached hydrogens (tertiary/aromatic N) is 2. The largest absolute Gasteiger partial charge is 0.508 e. The second kappa shape index (κ2) is 6.63. The Hall–Kier alpha value is -2.57. The molecule has 2 amide bonds. The van der Waals surface area contributed by atoms with Crippen molar-refractivity contribution in [1.29, 1.82) is 0 Å². The van der Waals surface area contributed by atoms with E-state index in [1.54, 1.807) is 30.0 Å². The van der Waals surface area contributed by atoms with E-state index in [2.05, 4.69) is 0 Å². The summed E-state index contributed by atoms with van der Waals surface area (Å²) in [6, 6.07) is 4.14. The number of aliphatic carboxylic acids is 1. The van der Waals surface area contributed by atoms with Crippen LogP contribution in [0.1, 0.15) is 42.1 Å². The normalized spacial score (nSPS) is 21.8. The maximum atomic E-state index is 12.8. The predicted molar refractivity (Wildman–Crippen MR) is 93.8 cm³/mol. The Kier molecular flexibility index (Phi) is 4.64. The highest BCUT2D eigenvalue weighted by Crippen LogP contribution is 2.43. The number of carboxylic acid groups (broad SMARTS) is 1. The fourth-order valence-corrected chi connectivity index (χ4v) is 4.18. The first-order chi connectivity index (χ1) is 12.2. The smallest absolute Gasteiger partial charge is 0.326 e. The maximum absolute atomic E-state index is 12.8. The van der Waals surface area contributed by atoms with Gasteiger partial charge in [0.05, 0.1) is 0 Å². The van der Waals surface area contributed by atoms with E-state index >= 15 is 0 Å². The lowest BCUT2D eigenvalue weighted by atomic mass is 9.76. The van der Waals surface area contributed by atoms with Crippen molar-refractivity contribution in [2.75, 3.05) is 19.6 Å². The van der Waals surface area contributed by atoms with Crippen molar-refractivity contribution in [3.8, 4) is 5.75 Å². The fourth-order valence-electron chi connectivity index (χ4n) is 4.18. The molecule has 2 fully saturated rings. The molecule has 2 saturated heterocycles. The molecule has 2 aliphatic heterocycles. The summed E-state index contributed by atoms with van der Waals surface area (Å²) in [6.07, 6.45) is 1.78. The second-order valence-corrected chi connectivity index (χ2v) is 7.45.